The molecule has 7 nitrogen and oxygen atoms in total. The highest BCUT2D eigenvalue weighted by Gasteiger charge is 2.17. The van der Waals surface area contributed by atoms with E-state index >= 15 is 0 Å². The van der Waals surface area contributed by atoms with Gasteiger partial charge in [0.1, 0.15) is 5.82 Å². The Labute approximate surface area is 117 Å². The minimum atomic E-state index is -0.596. The predicted octanol–water partition coefficient (Wildman–Crippen LogP) is 0.172. The van der Waals surface area contributed by atoms with Gasteiger partial charge in [0.05, 0.1) is 0 Å². The highest BCUT2D eigenvalue weighted by Crippen LogP contribution is 2.20. The molecule has 0 radical (unpaired) electrons. The molecule has 0 N–H and O–H groups in total. The number of pyridine rings is 1. The molecule has 108 valence electrons. The molecule has 3 heterocycles. The van der Waals surface area contributed by atoms with Crippen molar-refractivity contribution in [2.24, 2.45) is 21.1 Å². The second-order valence-corrected chi connectivity index (χ2v) is 4.74. The Balaban J connectivity index is 2.43. The molecule has 0 bridgehead atoms. The summed E-state index contributed by atoms with van der Waals surface area (Å²) in [6, 6.07) is 2.73. The Morgan fingerprint density at radius 2 is 1.76 bits per heavy atom. The number of hydrogen-bond donors (Lipinski definition) is 0. The summed E-state index contributed by atoms with van der Waals surface area (Å²) in [6.45, 7) is 0. The molecule has 0 spiro atoms. The maximum absolute atomic E-state index is 12.9. The number of halogens is 1. The lowest BCUT2D eigenvalue weighted by atomic mass is 10.3. The van der Waals surface area contributed by atoms with Crippen LogP contribution in [0.15, 0.2) is 27.9 Å². The summed E-state index contributed by atoms with van der Waals surface area (Å²) >= 11 is 0. The third-order valence-electron chi connectivity index (χ3n) is 3.46. The second-order valence-electron chi connectivity index (χ2n) is 4.74. The van der Waals surface area contributed by atoms with E-state index in [1.54, 1.807) is 18.7 Å². The van der Waals surface area contributed by atoms with Crippen molar-refractivity contribution in [1.29, 1.82) is 0 Å². The van der Waals surface area contributed by atoms with Crippen LogP contribution in [-0.2, 0) is 21.1 Å². The number of aromatic nitrogens is 5. The van der Waals surface area contributed by atoms with Gasteiger partial charge in [-0.25, -0.2) is 14.8 Å². The zero-order chi connectivity index (χ0) is 15.3. The Morgan fingerprint density at radius 3 is 2.38 bits per heavy atom. The molecule has 8 heteroatoms. The summed E-state index contributed by atoms with van der Waals surface area (Å²) in [5.74, 6) is -0.156. The van der Waals surface area contributed by atoms with Gasteiger partial charge in [-0.1, -0.05) is 0 Å². The van der Waals surface area contributed by atoms with Gasteiger partial charge in [-0.15, -0.1) is 0 Å². The number of nitrogens with zero attached hydrogens (tertiary/aromatic N) is 5. The zero-order valence-electron chi connectivity index (χ0n) is 11.7. The molecule has 3 aromatic heterocycles. The molecule has 3 rings (SSSR count). The minimum Gasteiger partial charge on any atom is -0.321 e. The van der Waals surface area contributed by atoms with E-state index < -0.39 is 17.2 Å². The largest absolute Gasteiger partial charge is 0.332 e. The van der Waals surface area contributed by atoms with Crippen molar-refractivity contribution in [3.8, 4) is 11.4 Å². The normalized spacial score (nSPS) is 11.2. The van der Waals surface area contributed by atoms with Crippen LogP contribution in [0.25, 0.3) is 22.6 Å². The van der Waals surface area contributed by atoms with Gasteiger partial charge in [0.15, 0.2) is 11.2 Å². The first-order chi connectivity index (χ1) is 9.91. The van der Waals surface area contributed by atoms with E-state index in [9.17, 15) is 14.0 Å². The van der Waals surface area contributed by atoms with E-state index in [1.807, 2.05) is 0 Å². The second kappa shape index (κ2) is 4.37. The fourth-order valence-electron chi connectivity index (χ4n) is 2.28. The first-order valence-corrected chi connectivity index (χ1v) is 6.16. The van der Waals surface area contributed by atoms with Crippen molar-refractivity contribution >= 4 is 11.2 Å². The number of fused-ring (bicyclic) bond motifs is 1. The molecule has 0 aliphatic heterocycles. The molecule has 0 atom stereocenters. The maximum atomic E-state index is 12.9. The van der Waals surface area contributed by atoms with Gasteiger partial charge in [-0.05, 0) is 12.1 Å². The van der Waals surface area contributed by atoms with Crippen molar-refractivity contribution < 1.29 is 4.39 Å². The van der Waals surface area contributed by atoms with Crippen LogP contribution < -0.4 is 11.2 Å². The van der Waals surface area contributed by atoms with E-state index in [-0.39, 0.29) is 5.65 Å². The lowest BCUT2D eigenvalue weighted by Gasteiger charge is -2.03. The summed E-state index contributed by atoms with van der Waals surface area (Å²) in [4.78, 5) is 32.1. The SMILES string of the molecule is Cn1c(=O)c2c(nc(-c3ccc(F)nc3)n2C)n(C)c1=O. The molecule has 3 aromatic rings. The van der Waals surface area contributed by atoms with Gasteiger partial charge in [0.25, 0.3) is 5.56 Å². The Kier molecular flexibility index (Phi) is 2.75. The molecule has 21 heavy (non-hydrogen) atoms. The van der Waals surface area contributed by atoms with Crippen molar-refractivity contribution in [3.63, 3.8) is 0 Å². The third-order valence-corrected chi connectivity index (χ3v) is 3.46. The smallest absolute Gasteiger partial charge is 0.321 e. The van der Waals surface area contributed by atoms with Crippen molar-refractivity contribution in [3.05, 3.63) is 45.1 Å². The standard InChI is InChI=1S/C13H12FN5O2/c1-17-9-11(18(2)13(21)19(3)12(9)20)16-10(17)7-4-5-8(14)15-6-7/h4-6H,1-3H3. The predicted molar refractivity (Wildman–Crippen MR) is 74.4 cm³/mol. The van der Waals surface area contributed by atoms with Crippen LogP contribution in [0.2, 0.25) is 0 Å². The van der Waals surface area contributed by atoms with Gasteiger partial charge in [-0.2, -0.15) is 4.39 Å². The molecule has 0 amide bonds. The number of imidazole rings is 1. The van der Waals surface area contributed by atoms with E-state index in [0.717, 1.165) is 4.57 Å². The fourth-order valence-corrected chi connectivity index (χ4v) is 2.28. The van der Waals surface area contributed by atoms with Crippen molar-refractivity contribution in [2.45, 2.75) is 0 Å². The highest BCUT2D eigenvalue weighted by atomic mass is 19.1. The molecular formula is C13H12FN5O2. The average molecular weight is 289 g/mol. The fraction of sp³-hybridized carbons (Fsp3) is 0.231. The molecule has 0 saturated carbocycles. The molecule has 0 fully saturated rings. The Morgan fingerprint density at radius 1 is 1.05 bits per heavy atom. The highest BCUT2D eigenvalue weighted by molar-refractivity contribution is 5.76. The van der Waals surface area contributed by atoms with E-state index in [2.05, 4.69) is 9.97 Å². The van der Waals surface area contributed by atoms with Crippen LogP contribution in [0.3, 0.4) is 0 Å². The summed E-state index contributed by atoms with van der Waals surface area (Å²) in [6.07, 6.45) is 1.33. The van der Waals surface area contributed by atoms with Gasteiger partial charge < -0.3 is 4.57 Å². The van der Waals surface area contributed by atoms with Crippen LogP contribution in [0.4, 0.5) is 4.39 Å². The van der Waals surface area contributed by atoms with E-state index in [0.29, 0.717) is 16.9 Å². The summed E-state index contributed by atoms with van der Waals surface area (Å²) < 4.78 is 16.8. The van der Waals surface area contributed by atoms with E-state index in [4.69, 9.17) is 0 Å². The quantitative estimate of drug-likeness (QED) is 0.599. The molecule has 0 saturated heterocycles. The lowest BCUT2D eigenvalue weighted by molar-refractivity contribution is 0.584. The Hall–Kier alpha value is -2.77. The van der Waals surface area contributed by atoms with Gasteiger partial charge >= 0.3 is 5.69 Å². The summed E-state index contributed by atoms with van der Waals surface area (Å²) in [5.41, 5.74) is 0.271. The molecule has 0 aromatic carbocycles. The molecular weight excluding hydrogens is 277 g/mol. The van der Waals surface area contributed by atoms with Crippen LogP contribution in [0.1, 0.15) is 0 Å². The van der Waals surface area contributed by atoms with Gasteiger partial charge in [-0.3, -0.25) is 13.9 Å². The van der Waals surface area contributed by atoms with Crippen molar-refractivity contribution in [1.82, 2.24) is 23.7 Å². The molecule has 0 aliphatic rings. The van der Waals surface area contributed by atoms with Crippen LogP contribution in [0.5, 0.6) is 0 Å². The zero-order valence-corrected chi connectivity index (χ0v) is 11.7. The molecule has 0 unspecified atom stereocenters. The van der Waals surface area contributed by atoms with Crippen LogP contribution in [0, 0.1) is 5.95 Å². The number of hydrogen-bond acceptors (Lipinski definition) is 4. The van der Waals surface area contributed by atoms with Crippen molar-refractivity contribution in [2.75, 3.05) is 0 Å². The summed E-state index contributed by atoms with van der Waals surface area (Å²) in [7, 11) is 4.62. The topological polar surface area (TPSA) is 74.7 Å². The average Bonchev–Trinajstić information content (AvgIpc) is 2.81. The van der Waals surface area contributed by atoms with Gasteiger partial charge in [0, 0.05) is 32.9 Å². The first-order valence-electron chi connectivity index (χ1n) is 6.16. The lowest BCUT2D eigenvalue weighted by Crippen LogP contribution is -2.37. The van der Waals surface area contributed by atoms with Gasteiger partial charge in [0.2, 0.25) is 5.95 Å². The number of aryl methyl sites for hydroxylation is 2. The Bertz CT molecular complexity index is 965. The first kappa shape index (κ1) is 13.2. The minimum absolute atomic E-state index is 0.282. The van der Waals surface area contributed by atoms with Crippen LogP contribution >= 0.6 is 0 Å². The van der Waals surface area contributed by atoms with E-state index in [1.165, 1.54) is 29.9 Å². The third kappa shape index (κ3) is 1.79. The van der Waals surface area contributed by atoms with Crippen LogP contribution in [-0.4, -0.2) is 23.7 Å². The molecule has 0 aliphatic carbocycles. The number of rotatable bonds is 1. The maximum Gasteiger partial charge on any atom is 0.332 e. The summed E-state index contributed by atoms with van der Waals surface area (Å²) in [5, 5.41) is 0. The monoisotopic (exact) mass is 289 g/mol.